The van der Waals surface area contributed by atoms with E-state index in [0.29, 0.717) is 18.9 Å². The SMILES string of the molecule is CC.CNCC(CN)CCF. The molecule has 0 aromatic rings. The van der Waals surface area contributed by atoms with Crippen molar-refractivity contribution in [2.45, 2.75) is 20.3 Å². The molecule has 11 heavy (non-hydrogen) atoms. The van der Waals surface area contributed by atoms with Crippen molar-refractivity contribution < 1.29 is 4.39 Å². The molecule has 3 N–H and O–H groups in total. The Balaban J connectivity index is 0. The van der Waals surface area contributed by atoms with Gasteiger partial charge in [-0.25, -0.2) is 0 Å². The highest BCUT2D eigenvalue weighted by molar-refractivity contribution is 4.60. The molecule has 0 saturated carbocycles. The molecule has 3 heteroatoms. The van der Waals surface area contributed by atoms with Gasteiger partial charge in [-0.05, 0) is 32.5 Å². The van der Waals surface area contributed by atoms with Gasteiger partial charge < -0.3 is 11.1 Å². The van der Waals surface area contributed by atoms with E-state index >= 15 is 0 Å². The summed E-state index contributed by atoms with van der Waals surface area (Å²) in [5.41, 5.74) is 5.34. The first-order chi connectivity index (χ1) is 5.35. The molecule has 0 aliphatic rings. The normalized spacial score (nSPS) is 11.7. The molecule has 0 amide bonds. The van der Waals surface area contributed by atoms with Gasteiger partial charge in [-0.1, -0.05) is 13.8 Å². The molecule has 1 atom stereocenters. The van der Waals surface area contributed by atoms with E-state index in [-0.39, 0.29) is 6.67 Å². The van der Waals surface area contributed by atoms with Crippen LogP contribution in [0, 0.1) is 5.92 Å². The highest BCUT2D eigenvalue weighted by atomic mass is 19.1. The molecule has 0 aliphatic carbocycles. The summed E-state index contributed by atoms with van der Waals surface area (Å²) in [6, 6.07) is 0. The predicted octanol–water partition coefficient (Wildman–Crippen LogP) is 1.17. The molecule has 0 fully saturated rings. The third-order valence-electron chi connectivity index (χ3n) is 1.34. The number of alkyl halides is 1. The third-order valence-corrected chi connectivity index (χ3v) is 1.34. The Morgan fingerprint density at radius 2 is 2.00 bits per heavy atom. The van der Waals surface area contributed by atoms with E-state index in [0.717, 1.165) is 6.54 Å². The van der Waals surface area contributed by atoms with Crippen LogP contribution in [0.2, 0.25) is 0 Å². The molecule has 70 valence electrons. The zero-order valence-corrected chi connectivity index (χ0v) is 7.86. The Kier molecular flexibility index (Phi) is 15.3. The van der Waals surface area contributed by atoms with Crippen LogP contribution < -0.4 is 11.1 Å². The summed E-state index contributed by atoms with van der Waals surface area (Å²) in [6.45, 7) is 5.13. The summed E-state index contributed by atoms with van der Waals surface area (Å²) in [6.07, 6.45) is 0.581. The molecule has 0 aromatic heterocycles. The van der Waals surface area contributed by atoms with Gasteiger partial charge in [-0.3, -0.25) is 4.39 Å². The highest BCUT2D eigenvalue weighted by Gasteiger charge is 2.02. The number of rotatable bonds is 5. The lowest BCUT2D eigenvalue weighted by Crippen LogP contribution is -2.26. The van der Waals surface area contributed by atoms with Gasteiger partial charge in [0.2, 0.25) is 0 Å². The van der Waals surface area contributed by atoms with E-state index in [1.54, 1.807) is 0 Å². The van der Waals surface area contributed by atoms with E-state index in [2.05, 4.69) is 5.32 Å². The second kappa shape index (κ2) is 12.5. The van der Waals surface area contributed by atoms with Crippen molar-refractivity contribution in [1.29, 1.82) is 0 Å². The first kappa shape index (κ1) is 13.4. The van der Waals surface area contributed by atoms with Crippen molar-refractivity contribution in [1.82, 2.24) is 5.32 Å². The van der Waals surface area contributed by atoms with Crippen molar-refractivity contribution in [2.24, 2.45) is 11.7 Å². The molecule has 0 saturated heterocycles. The van der Waals surface area contributed by atoms with Gasteiger partial charge in [0.1, 0.15) is 0 Å². The summed E-state index contributed by atoms with van der Waals surface area (Å²) in [5.74, 6) is 0.306. The van der Waals surface area contributed by atoms with Crippen LogP contribution in [0.1, 0.15) is 20.3 Å². The van der Waals surface area contributed by atoms with Crippen LogP contribution in [0.25, 0.3) is 0 Å². The lowest BCUT2D eigenvalue weighted by molar-refractivity contribution is 0.383. The topological polar surface area (TPSA) is 38.0 Å². The Labute approximate surface area is 69.4 Å². The third kappa shape index (κ3) is 9.85. The number of nitrogens with one attached hydrogen (secondary N) is 1. The fourth-order valence-corrected chi connectivity index (χ4v) is 0.746. The molecule has 0 heterocycles. The van der Waals surface area contributed by atoms with Crippen molar-refractivity contribution in [3.8, 4) is 0 Å². The number of nitrogens with two attached hydrogens (primary N) is 1. The largest absolute Gasteiger partial charge is 0.330 e. The van der Waals surface area contributed by atoms with Gasteiger partial charge in [0.25, 0.3) is 0 Å². The van der Waals surface area contributed by atoms with Crippen LogP contribution in [0.5, 0.6) is 0 Å². The number of hydrogen-bond acceptors (Lipinski definition) is 2. The minimum absolute atomic E-state index is 0.260. The van der Waals surface area contributed by atoms with Crippen molar-refractivity contribution >= 4 is 0 Å². The Hall–Kier alpha value is -0.150. The van der Waals surface area contributed by atoms with Crippen LogP contribution in [0.4, 0.5) is 4.39 Å². The Morgan fingerprint density at radius 3 is 2.27 bits per heavy atom. The Morgan fingerprint density at radius 1 is 1.45 bits per heavy atom. The summed E-state index contributed by atoms with van der Waals surface area (Å²) >= 11 is 0. The summed E-state index contributed by atoms with van der Waals surface area (Å²) in [7, 11) is 1.85. The molecular weight excluding hydrogens is 143 g/mol. The van der Waals surface area contributed by atoms with Crippen molar-refractivity contribution in [3.05, 3.63) is 0 Å². The first-order valence-corrected chi connectivity index (χ1v) is 4.25. The van der Waals surface area contributed by atoms with Gasteiger partial charge in [-0.15, -0.1) is 0 Å². The van der Waals surface area contributed by atoms with Crippen LogP contribution in [-0.4, -0.2) is 26.8 Å². The predicted molar refractivity (Wildman–Crippen MR) is 48.4 cm³/mol. The van der Waals surface area contributed by atoms with Gasteiger partial charge >= 0.3 is 0 Å². The van der Waals surface area contributed by atoms with E-state index in [1.807, 2.05) is 20.9 Å². The first-order valence-electron chi connectivity index (χ1n) is 4.25. The smallest absolute Gasteiger partial charge is 0.0898 e. The molecule has 1 unspecified atom stereocenters. The highest BCUT2D eigenvalue weighted by Crippen LogP contribution is 1.98. The van der Waals surface area contributed by atoms with Gasteiger partial charge in [-0.2, -0.15) is 0 Å². The minimum Gasteiger partial charge on any atom is -0.330 e. The lowest BCUT2D eigenvalue weighted by Gasteiger charge is -2.10. The van der Waals surface area contributed by atoms with Gasteiger partial charge in [0, 0.05) is 0 Å². The molecule has 0 aliphatic heterocycles. The van der Waals surface area contributed by atoms with E-state index in [9.17, 15) is 4.39 Å². The molecule has 0 bridgehead atoms. The Bertz CT molecular complexity index is 54.1. The maximum absolute atomic E-state index is 11.7. The molecular formula is C8H21FN2. The fourth-order valence-electron chi connectivity index (χ4n) is 0.746. The molecule has 2 nitrogen and oxygen atoms in total. The number of halogens is 1. The van der Waals surface area contributed by atoms with E-state index < -0.39 is 0 Å². The average Bonchev–Trinajstić information content (AvgIpc) is 2.08. The van der Waals surface area contributed by atoms with Crippen LogP contribution in [0.15, 0.2) is 0 Å². The van der Waals surface area contributed by atoms with Gasteiger partial charge in [0.15, 0.2) is 0 Å². The minimum atomic E-state index is -0.260. The monoisotopic (exact) mass is 164 g/mol. The molecule has 0 rings (SSSR count). The maximum Gasteiger partial charge on any atom is 0.0898 e. The summed E-state index contributed by atoms with van der Waals surface area (Å²) < 4.78 is 11.7. The van der Waals surface area contributed by atoms with E-state index in [4.69, 9.17) is 5.73 Å². The second-order valence-corrected chi connectivity index (χ2v) is 2.14. The molecule has 0 spiro atoms. The zero-order valence-electron chi connectivity index (χ0n) is 7.86. The van der Waals surface area contributed by atoms with Crippen LogP contribution >= 0.6 is 0 Å². The van der Waals surface area contributed by atoms with Crippen LogP contribution in [-0.2, 0) is 0 Å². The zero-order chi connectivity index (χ0) is 9.11. The fraction of sp³-hybridized carbons (Fsp3) is 1.00. The lowest BCUT2D eigenvalue weighted by atomic mass is 10.1. The van der Waals surface area contributed by atoms with E-state index in [1.165, 1.54) is 0 Å². The summed E-state index contributed by atoms with van der Waals surface area (Å²) in [5, 5.41) is 2.96. The van der Waals surface area contributed by atoms with Crippen molar-refractivity contribution in [3.63, 3.8) is 0 Å². The van der Waals surface area contributed by atoms with Crippen molar-refractivity contribution in [2.75, 3.05) is 26.8 Å². The standard InChI is InChI=1S/C6H15FN2.C2H6/c1-9-5-6(4-8)2-3-7;1-2/h6,9H,2-5,8H2,1H3;1-2H3. The molecule has 0 aromatic carbocycles. The number of hydrogen-bond donors (Lipinski definition) is 2. The molecule has 0 radical (unpaired) electrons. The quantitative estimate of drug-likeness (QED) is 0.640. The average molecular weight is 164 g/mol. The van der Waals surface area contributed by atoms with Crippen LogP contribution in [0.3, 0.4) is 0 Å². The summed E-state index contributed by atoms with van der Waals surface area (Å²) in [4.78, 5) is 0. The maximum atomic E-state index is 11.7. The second-order valence-electron chi connectivity index (χ2n) is 2.14. The van der Waals surface area contributed by atoms with Gasteiger partial charge in [0.05, 0.1) is 6.67 Å².